The van der Waals surface area contributed by atoms with Crippen molar-refractivity contribution in [1.82, 2.24) is 0 Å². The third-order valence-corrected chi connectivity index (χ3v) is 3.42. The van der Waals surface area contributed by atoms with Crippen LogP contribution in [-0.4, -0.2) is 12.2 Å². The van der Waals surface area contributed by atoms with Crippen molar-refractivity contribution in [3.8, 4) is 11.5 Å². The fourth-order valence-corrected chi connectivity index (χ4v) is 2.04. The van der Waals surface area contributed by atoms with E-state index in [2.05, 4.69) is 26.5 Å². The average molecular weight is 260 g/mol. The molecule has 1 aliphatic rings. The van der Waals surface area contributed by atoms with Crippen LogP contribution in [0.1, 0.15) is 33.1 Å². The van der Waals surface area contributed by atoms with Crippen LogP contribution in [-0.2, 0) is 0 Å². The summed E-state index contributed by atoms with van der Waals surface area (Å²) in [6, 6.07) is 6.84. The molecule has 0 aliphatic heterocycles. The van der Waals surface area contributed by atoms with Crippen LogP contribution in [0.4, 0.5) is 0 Å². The highest BCUT2D eigenvalue weighted by Crippen LogP contribution is 2.27. The molecule has 2 nitrogen and oxygen atoms in total. The maximum atomic E-state index is 8.99. The molecule has 1 aliphatic carbocycles. The minimum atomic E-state index is 0.181. The van der Waals surface area contributed by atoms with Gasteiger partial charge in [-0.3, -0.25) is 0 Å². The van der Waals surface area contributed by atoms with Crippen LogP contribution < -0.4 is 4.74 Å². The Balaban J connectivity index is 0.000000191. The van der Waals surface area contributed by atoms with E-state index in [4.69, 9.17) is 9.84 Å². The molecule has 2 heteroatoms. The lowest BCUT2D eigenvalue weighted by Gasteiger charge is -2.19. The highest BCUT2D eigenvalue weighted by Gasteiger charge is 2.11. The zero-order valence-electron chi connectivity index (χ0n) is 12.1. The van der Waals surface area contributed by atoms with E-state index in [-0.39, 0.29) is 5.75 Å². The van der Waals surface area contributed by atoms with Crippen LogP contribution in [0.15, 0.2) is 48.1 Å². The van der Waals surface area contributed by atoms with Crippen LogP contribution >= 0.6 is 0 Å². The average Bonchev–Trinajstić information content (AvgIpc) is 2.40. The second-order valence-corrected chi connectivity index (χ2v) is 5.04. The molecule has 1 atom stereocenters. The Morgan fingerprint density at radius 2 is 2.05 bits per heavy atom. The van der Waals surface area contributed by atoms with Crippen molar-refractivity contribution in [3.63, 3.8) is 0 Å². The number of para-hydroxylation sites is 2. The zero-order valence-corrected chi connectivity index (χ0v) is 12.1. The molecule has 104 valence electrons. The number of benzene rings is 1. The molecule has 0 radical (unpaired) electrons. The normalized spacial score (nSPS) is 17.8. The summed E-state index contributed by atoms with van der Waals surface area (Å²) in [6.45, 7) is 8.33. The van der Waals surface area contributed by atoms with Gasteiger partial charge in [-0.05, 0) is 51.2 Å². The third-order valence-electron chi connectivity index (χ3n) is 3.42. The summed E-state index contributed by atoms with van der Waals surface area (Å²) in [7, 11) is 1.52. The molecule has 1 aromatic carbocycles. The van der Waals surface area contributed by atoms with E-state index in [1.165, 1.54) is 31.9 Å². The highest BCUT2D eigenvalue weighted by atomic mass is 16.5. The Morgan fingerprint density at radius 1 is 1.37 bits per heavy atom. The van der Waals surface area contributed by atoms with Crippen molar-refractivity contribution in [1.29, 1.82) is 0 Å². The summed E-state index contributed by atoms with van der Waals surface area (Å²) < 4.78 is 4.79. The molecule has 0 fully saturated rings. The molecule has 0 amide bonds. The molecule has 2 rings (SSSR count). The fraction of sp³-hybridized carbons (Fsp3) is 0.412. The smallest absolute Gasteiger partial charge is 0.160 e. The number of hydrogen-bond acceptors (Lipinski definition) is 2. The first kappa shape index (κ1) is 15.4. The minimum Gasteiger partial charge on any atom is -0.504 e. The van der Waals surface area contributed by atoms with Gasteiger partial charge in [0.05, 0.1) is 7.11 Å². The SMILES string of the molecule is C=C(C)C1CC=C(C)CC1.COc1ccccc1O. The molecule has 19 heavy (non-hydrogen) atoms. The number of ether oxygens (including phenoxy) is 1. The lowest BCUT2D eigenvalue weighted by Crippen LogP contribution is -2.04. The monoisotopic (exact) mass is 260 g/mol. The lowest BCUT2D eigenvalue weighted by atomic mass is 9.86. The van der Waals surface area contributed by atoms with E-state index >= 15 is 0 Å². The first-order chi connectivity index (χ1) is 9.04. The quantitative estimate of drug-likeness (QED) is 0.780. The van der Waals surface area contributed by atoms with Crippen molar-refractivity contribution >= 4 is 0 Å². The van der Waals surface area contributed by atoms with E-state index in [1.807, 2.05) is 0 Å². The molecule has 0 heterocycles. The van der Waals surface area contributed by atoms with Gasteiger partial charge in [-0.15, -0.1) is 0 Å². The minimum absolute atomic E-state index is 0.181. The number of allylic oxidation sites excluding steroid dienone is 3. The predicted octanol–water partition coefficient (Wildman–Crippen LogP) is 4.71. The summed E-state index contributed by atoms with van der Waals surface area (Å²) in [4.78, 5) is 0. The van der Waals surface area contributed by atoms with Crippen LogP contribution in [0.3, 0.4) is 0 Å². The Bertz CT molecular complexity index is 446. The first-order valence-electron chi connectivity index (χ1n) is 6.67. The van der Waals surface area contributed by atoms with Crippen molar-refractivity contribution in [2.24, 2.45) is 5.92 Å². The molecule has 0 spiro atoms. The van der Waals surface area contributed by atoms with Crippen LogP contribution in [0.5, 0.6) is 11.5 Å². The number of methoxy groups -OCH3 is 1. The summed E-state index contributed by atoms with van der Waals surface area (Å²) in [6.07, 6.45) is 6.17. The highest BCUT2D eigenvalue weighted by molar-refractivity contribution is 5.37. The standard InChI is InChI=1S/C10H16.C7H8O2/c1-8(2)10-6-4-9(3)5-7-10;1-9-7-5-3-2-4-6(7)8/h4,10H,1,5-7H2,2-3H3;2-5,8H,1H3. The third kappa shape index (κ3) is 5.21. The van der Waals surface area contributed by atoms with E-state index in [0.717, 1.165) is 5.92 Å². The second-order valence-electron chi connectivity index (χ2n) is 5.04. The van der Waals surface area contributed by atoms with Gasteiger partial charge in [0.15, 0.2) is 11.5 Å². The summed E-state index contributed by atoms with van der Waals surface area (Å²) >= 11 is 0. The van der Waals surface area contributed by atoms with Gasteiger partial charge in [0.1, 0.15) is 0 Å². The fourth-order valence-electron chi connectivity index (χ4n) is 2.04. The molecule has 1 unspecified atom stereocenters. The van der Waals surface area contributed by atoms with Gasteiger partial charge < -0.3 is 9.84 Å². The molecule has 1 aromatic rings. The number of aromatic hydroxyl groups is 1. The summed E-state index contributed by atoms with van der Waals surface area (Å²) in [5.74, 6) is 1.46. The van der Waals surface area contributed by atoms with Crippen LogP contribution in [0, 0.1) is 5.92 Å². The van der Waals surface area contributed by atoms with Gasteiger partial charge in [-0.1, -0.05) is 35.9 Å². The number of hydrogen-bond donors (Lipinski definition) is 1. The van der Waals surface area contributed by atoms with E-state index in [1.54, 1.807) is 29.8 Å². The first-order valence-corrected chi connectivity index (χ1v) is 6.67. The van der Waals surface area contributed by atoms with E-state index in [0.29, 0.717) is 5.75 Å². The van der Waals surface area contributed by atoms with Gasteiger partial charge in [-0.2, -0.15) is 0 Å². The maximum absolute atomic E-state index is 8.99. The maximum Gasteiger partial charge on any atom is 0.160 e. The molecular formula is C17H24O2. The topological polar surface area (TPSA) is 29.5 Å². The largest absolute Gasteiger partial charge is 0.504 e. The number of rotatable bonds is 2. The lowest BCUT2D eigenvalue weighted by molar-refractivity contribution is 0.373. The second kappa shape index (κ2) is 7.67. The predicted molar refractivity (Wildman–Crippen MR) is 80.6 cm³/mol. The molecule has 0 saturated heterocycles. The van der Waals surface area contributed by atoms with Gasteiger partial charge >= 0.3 is 0 Å². The van der Waals surface area contributed by atoms with Crippen molar-refractivity contribution in [2.45, 2.75) is 33.1 Å². The van der Waals surface area contributed by atoms with E-state index < -0.39 is 0 Å². The van der Waals surface area contributed by atoms with Crippen molar-refractivity contribution in [2.75, 3.05) is 7.11 Å². The van der Waals surface area contributed by atoms with Crippen LogP contribution in [0.2, 0.25) is 0 Å². The van der Waals surface area contributed by atoms with Gasteiger partial charge in [0.25, 0.3) is 0 Å². The molecular weight excluding hydrogens is 236 g/mol. The number of phenolic OH excluding ortho intramolecular Hbond substituents is 1. The van der Waals surface area contributed by atoms with Crippen molar-refractivity contribution in [3.05, 3.63) is 48.1 Å². The Morgan fingerprint density at radius 3 is 2.47 bits per heavy atom. The van der Waals surface area contributed by atoms with Gasteiger partial charge in [0, 0.05) is 0 Å². The molecule has 0 saturated carbocycles. The molecule has 0 aromatic heterocycles. The zero-order chi connectivity index (χ0) is 14.3. The van der Waals surface area contributed by atoms with Crippen LogP contribution in [0.25, 0.3) is 0 Å². The van der Waals surface area contributed by atoms with Gasteiger partial charge in [0.2, 0.25) is 0 Å². The Hall–Kier alpha value is -1.70. The Kier molecular flexibility index (Phi) is 6.20. The Labute approximate surface area is 116 Å². The molecule has 0 bridgehead atoms. The van der Waals surface area contributed by atoms with Gasteiger partial charge in [-0.25, -0.2) is 0 Å². The van der Waals surface area contributed by atoms with Crippen molar-refractivity contribution < 1.29 is 9.84 Å². The summed E-state index contributed by atoms with van der Waals surface area (Å²) in [5, 5.41) is 8.99. The molecule has 1 N–H and O–H groups in total. The van der Waals surface area contributed by atoms with E-state index in [9.17, 15) is 0 Å². The number of phenols is 1. The summed E-state index contributed by atoms with van der Waals surface area (Å²) in [5.41, 5.74) is 2.90.